The summed E-state index contributed by atoms with van der Waals surface area (Å²) in [4.78, 5) is 39.2. The second-order valence-electron chi connectivity index (χ2n) is 6.85. The summed E-state index contributed by atoms with van der Waals surface area (Å²) >= 11 is 0. The van der Waals surface area contributed by atoms with E-state index in [0.29, 0.717) is 18.0 Å². The second-order valence-corrected chi connectivity index (χ2v) is 6.85. The Morgan fingerprint density at radius 3 is 2.56 bits per heavy atom. The van der Waals surface area contributed by atoms with Crippen LogP contribution >= 0.6 is 0 Å². The number of amides is 4. The van der Waals surface area contributed by atoms with Crippen LogP contribution in [0.25, 0.3) is 0 Å². The molecule has 4 amide bonds. The molecule has 1 aromatic rings. The maximum atomic E-state index is 13.0. The van der Waals surface area contributed by atoms with Gasteiger partial charge in [-0.25, -0.2) is 4.79 Å². The molecule has 2 fully saturated rings. The number of ether oxygens (including phenoxy) is 2. The summed E-state index contributed by atoms with van der Waals surface area (Å²) in [6, 6.07) is 5.09. The average Bonchev–Trinajstić information content (AvgIpc) is 3.29. The minimum Gasteiger partial charge on any atom is -0.497 e. The van der Waals surface area contributed by atoms with Crippen molar-refractivity contribution in [3.05, 3.63) is 23.8 Å². The largest absolute Gasteiger partial charge is 0.497 e. The molecule has 27 heavy (non-hydrogen) atoms. The fourth-order valence-corrected chi connectivity index (χ4v) is 3.69. The Balaban J connectivity index is 1.80. The number of carbonyl (C=O) groups excluding carboxylic acids is 3. The van der Waals surface area contributed by atoms with Crippen molar-refractivity contribution in [2.75, 3.05) is 27.3 Å². The van der Waals surface area contributed by atoms with E-state index in [-0.39, 0.29) is 30.9 Å². The molecule has 1 N–H and O–H groups in total. The molecule has 0 bridgehead atoms. The van der Waals surface area contributed by atoms with Crippen LogP contribution < -0.4 is 14.8 Å². The topological polar surface area (TPSA) is 88.2 Å². The molecule has 0 aromatic heterocycles. The van der Waals surface area contributed by atoms with Crippen LogP contribution in [0.1, 0.15) is 31.2 Å². The number of hydrogen-bond donors (Lipinski definition) is 1. The first-order valence-electron chi connectivity index (χ1n) is 9.11. The van der Waals surface area contributed by atoms with Crippen molar-refractivity contribution in [3.8, 4) is 11.5 Å². The first kappa shape index (κ1) is 19.0. The minimum absolute atomic E-state index is 0.0778. The van der Waals surface area contributed by atoms with Gasteiger partial charge in [0.15, 0.2) is 0 Å². The van der Waals surface area contributed by atoms with Gasteiger partial charge >= 0.3 is 6.03 Å². The molecule has 2 aliphatic rings. The molecule has 8 heteroatoms. The summed E-state index contributed by atoms with van der Waals surface area (Å²) in [5, 5.41) is 2.20. The fourth-order valence-electron chi connectivity index (χ4n) is 3.69. The van der Waals surface area contributed by atoms with Gasteiger partial charge < -0.3 is 19.3 Å². The van der Waals surface area contributed by atoms with Gasteiger partial charge in [0.05, 0.1) is 14.2 Å². The molecule has 0 unspecified atom stereocenters. The first-order chi connectivity index (χ1) is 13.0. The molecule has 8 nitrogen and oxygen atoms in total. The van der Waals surface area contributed by atoms with Crippen molar-refractivity contribution >= 4 is 17.8 Å². The summed E-state index contributed by atoms with van der Waals surface area (Å²) in [5.74, 6) is 0.820. The van der Waals surface area contributed by atoms with Gasteiger partial charge in [0, 0.05) is 18.2 Å². The number of imide groups is 1. The Kier molecular flexibility index (Phi) is 5.83. The highest BCUT2D eigenvalue weighted by molar-refractivity contribution is 6.03. The van der Waals surface area contributed by atoms with E-state index in [9.17, 15) is 14.4 Å². The monoisotopic (exact) mass is 375 g/mol. The molecule has 1 aliphatic heterocycles. The van der Waals surface area contributed by atoms with Crippen LogP contribution in [0.4, 0.5) is 4.79 Å². The van der Waals surface area contributed by atoms with E-state index < -0.39 is 6.03 Å². The van der Waals surface area contributed by atoms with Crippen LogP contribution in [0.3, 0.4) is 0 Å². The molecule has 1 heterocycles. The minimum atomic E-state index is -0.515. The fraction of sp³-hybridized carbons (Fsp3) is 0.526. The maximum absolute atomic E-state index is 13.0. The zero-order chi connectivity index (χ0) is 19.4. The summed E-state index contributed by atoms with van der Waals surface area (Å²) < 4.78 is 10.7. The van der Waals surface area contributed by atoms with E-state index in [1.807, 2.05) is 18.2 Å². The van der Waals surface area contributed by atoms with E-state index in [4.69, 9.17) is 9.47 Å². The van der Waals surface area contributed by atoms with Gasteiger partial charge in [-0.2, -0.15) is 0 Å². The van der Waals surface area contributed by atoms with Crippen LogP contribution in [-0.2, 0) is 16.1 Å². The lowest BCUT2D eigenvalue weighted by atomic mass is 10.1. The molecule has 1 saturated heterocycles. The van der Waals surface area contributed by atoms with Gasteiger partial charge in [-0.15, -0.1) is 0 Å². The molecule has 1 saturated carbocycles. The highest BCUT2D eigenvalue weighted by Crippen LogP contribution is 2.30. The molecule has 3 rings (SSSR count). The maximum Gasteiger partial charge on any atom is 0.325 e. The molecule has 1 aliphatic carbocycles. The van der Waals surface area contributed by atoms with Crippen LogP contribution in [0, 0.1) is 0 Å². The number of hydrogen-bond acceptors (Lipinski definition) is 5. The molecule has 0 radical (unpaired) electrons. The SMILES string of the molecule is COc1ccc(OC)c(CN(C(=O)CN2CC(=O)NC2=O)C2CCCC2)c1. The van der Waals surface area contributed by atoms with Gasteiger partial charge in [-0.3, -0.25) is 14.9 Å². The molecule has 146 valence electrons. The first-order valence-corrected chi connectivity index (χ1v) is 9.11. The Morgan fingerprint density at radius 1 is 1.22 bits per heavy atom. The zero-order valence-electron chi connectivity index (χ0n) is 15.7. The molecule has 0 atom stereocenters. The Morgan fingerprint density at radius 2 is 1.96 bits per heavy atom. The van der Waals surface area contributed by atoms with Gasteiger partial charge in [-0.1, -0.05) is 12.8 Å². The zero-order valence-corrected chi connectivity index (χ0v) is 15.7. The van der Waals surface area contributed by atoms with Crippen molar-refractivity contribution in [2.24, 2.45) is 0 Å². The van der Waals surface area contributed by atoms with Crippen molar-refractivity contribution < 1.29 is 23.9 Å². The normalized spacial score (nSPS) is 17.2. The Labute approximate surface area is 158 Å². The number of nitrogens with one attached hydrogen (secondary N) is 1. The highest BCUT2D eigenvalue weighted by atomic mass is 16.5. The number of urea groups is 1. The average molecular weight is 375 g/mol. The number of carbonyl (C=O) groups is 3. The van der Waals surface area contributed by atoms with Crippen LogP contribution in [-0.4, -0.2) is 61.0 Å². The van der Waals surface area contributed by atoms with Crippen LogP contribution in [0.2, 0.25) is 0 Å². The van der Waals surface area contributed by atoms with Gasteiger partial charge in [0.1, 0.15) is 24.6 Å². The number of methoxy groups -OCH3 is 2. The lowest BCUT2D eigenvalue weighted by molar-refractivity contribution is -0.134. The van der Waals surface area contributed by atoms with Crippen LogP contribution in [0.15, 0.2) is 18.2 Å². The van der Waals surface area contributed by atoms with E-state index in [0.717, 1.165) is 31.2 Å². The third-order valence-electron chi connectivity index (χ3n) is 5.11. The Bertz CT molecular complexity index is 730. The number of benzene rings is 1. The quantitative estimate of drug-likeness (QED) is 0.730. The standard InChI is InChI=1S/C19H25N3O5/c1-26-15-7-8-16(27-2)13(9-15)10-22(14-5-3-4-6-14)18(24)12-21-11-17(23)20-19(21)25/h7-9,14H,3-6,10-12H2,1-2H3,(H,20,23,25). The number of nitrogens with zero attached hydrogens (tertiary/aromatic N) is 2. The van der Waals surface area contributed by atoms with Gasteiger partial charge in [-0.05, 0) is 31.0 Å². The third-order valence-corrected chi connectivity index (χ3v) is 5.11. The van der Waals surface area contributed by atoms with Gasteiger partial charge in [0.25, 0.3) is 0 Å². The van der Waals surface area contributed by atoms with Crippen molar-refractivity contribution in [3.63, 3.8) is 0 Å². The van der Waals surface area contributed by atoms with E-state index in [2.05, 4.69) is 5.32 Å². The molecular weight excluding hydrogens is 350 g/mol. The predicted molar refractivity (Wildman–Crippen MR) is 97.5 cm³/mol. The van der Waals surface area contributed by atoms with Crippen molar-refractivity contribution in [1.82, 2.24) is 15.1 Å². The molecular formula is C19H25N3O5. The summed E-state index contributed by atoms with van der Waals surface area (Å²) in [6.45, 7) is 0.180. The van der Waals surface area contributed by atoms with Gasteiger partial charge in [0.2, 0.25) is 11.8 Å². The van der Waals surface area contributed by atoms with E-state index >= 15 is 0 Å². The Hall–Kier alpha value is -2.77. The predicted octanol–water partition coefficient (Wildman–Crippen LogP) is 1.53. The number of rotatable bonds is 7. The summed E-state index contributed by atoms with van der Waals surface area (Å²) in [7, 11) is 3.18. The van der Waals surface area contributed by atoms with E-state index in [1.165, 1.54) is 4.90 Å². The van der Waals surface area contributed by atoms with Crippen molar-refractivity contribution in [1.29, 1.82) is 0 Å². The second kappa shape index (κ2) is 8.28. The van der Waals surface area contributed by atoms with E-state index in [1.54, 1.807) is 19.1 Å². The lowest BCUT2D eigenvalue weighted by Crippen LogP contribution is -2.45. The van der Waals surface area contributed by atoms with Crippen LogP contribution in [0.5, 0.6) is 11.5 Å². The lowest BCUT2D eigenvalue weighted by Gasteiger charge is -2.31. The third kappa shape index (κ3) is 4.32. The molecule has 1 aromatic carbocycles. The molecule has 0 spiro atoms. The smallest absolute Gasteiger partial charge is 0.325 e. The summed E-state index contributed by atoms with van der Waals surface area (Å²) in [6.07, 6.45) is 4.02. The highest BCUT2D eigenvalue weighted by Gasteiger charge is 2.33. The summed E-state index contributed by atoms with van der Waals surface area (Å²) in [5.41, 5.74) is 0.846. The van der Waals surface area contributed by atoms with Crippen molar-refractivity contribution in [2.45, 2.75) is 38.3 Å².